The van der Waals surface area contributed by atoms with Crippen molar-refractivity contribution < 1.29 is 0 Å². The van der Waals surface area contributed by atoms with Gasteiger partial charge in [0.05, 0.1) is 0 Å². The molecule has 0 bridgehead atoms. The minimum Gasteiger partial charge on any atom is -0.371 e. The number of benzene rings is 1. The van der Waals surface area contributed by atoms with Crippen molar-refractivity contribution in [3.05, 3.63) is 29.3 Å². The number of unbranched alkanes of at least 4 members (excludes halogenated alkanes) is 10. The highest BCUT2D eigenvalue weighted by molar-refractivity contribution is 5.55. The van der Waals surface area contributed by atoms with Crippen LogP contribution in [0.4, 0.5) is 5.69 Å². The molecule has 0 unspecified atom stereocenters. The van der Waals surface area contributed by atoms with Gasteiger partial charge >= 0.3 is 0 Å². The summed E-state index contributed by atoms with van der Waals surface area (Å²) in [6.07, 6.45) is 16.6. The molecule has 0 aliphatic rings. The van der Waals surface area contributed by atoms with Crippen molar-refractivity contribution in [1.82, 2.24) is 0 Å². The number of aryl methyl sites for hydroxylation is 1. The van der Waals surface area contributed by atoms with E-state index in [4.69, 9.17) is 0 Å². The summed E-state index contributed by atoms with van der Waals surface area (Å²) in [7, 11) is 0. The Balaban J connectivity index is 2.47. The summed E-state index contributed by atoms with van der Waals surface area (Å²) < 4.78 is 0. The summed E-state index contributed by atoms with van der Waals surface area (Å²) in [6, 6.07) is 6.80. The molecule has 0 heterocycles. The van der Waals surface area contributed by atoms with Gasteiger partial charge < -0.3 is 4.90 Å². The van der Waals surface area contributed by atoms with Gasteiger partial charge in [-0.05, 0) is 43.9 Å². The third kappa shape index (κ3) is 9.33. The van der Waals surface area contributed by atoms with Crippen molar-refractivity contribution in [1.29, 1.82) is 0 Å². The SMILES string of the molecule is CCCCCCCCN(CCCCCCCC)c1cccc(C)c1C. The normalized spacial score (nSPS) is 11.0. The lowest BCUT2D eigenvalue weighted by Crippen LogP contribution is -2.26. The first-order valence-electron chi connectivity index (χ1n) is 11.0. The van der Waals surface area contributed by atoms with Crippen LogP contribution in [-0.2, 0) is 0 Å². The van der Waals surface area contributed by atoms with Crippen LogP contribution >= 0.6 is 0 Å². The Labute approximate surface area is 158 Å². The van der Waals surface area contributed by atoms with Crippen molar-refractivity contribution in [2.45, 2.75) is 105 Å². The molecule has 0 saturated heterocycles. The molecule has 0 saturated carbocycles. The summed E-state index contributed by atoms with van der Waals surface area (Å²) in [5, 5.41) is 0. The Morgan fingerprint density at radius 3 is 1.64 bits per heavy atom. The zero-order valence-electron chi connectivity index (χ0n) is 17.6. The van der Waals surface area contributed by atoms with Gasteiger partial charge in [-0.15, -0.1) is 0 Å². The molecule has 0 radical (unpaired) electrons. The smallest absolute Gasteiger partial charge is 0.0398 e. The quantitative estimate of drug-likeness (QED) is 0.293. The molecule has 25 heavy (non-hydrogen) atoms. The van der Waals surface area contributed by atoms with Gasteiger partial charge in [-0.1, -0.05) is 90.2 Å². The fraction of sp³-hybridized carbons (Fsp3) is 0.750. The lowest BCUT2D eigenvalue weighted by Gasteiger charge is -2.27. The molecule has 1 aromatic carbocycles. The van der Waals surface area contributed by atoms with E-state index in [2.05, 4.69) is 50.8 Å². The zero-order valence-corrected chi connectivity index (χ0v) is 17.6. The highest BCUT2D eigenvalue weighted by Gasteiger charge is 2.10. The predicted molar refractivity (Wildman–Crippen MR) is 115 cm³/mol. The summed E-state index contributed by atoms with van der Waals surface area (Å²) in [5.74, 6) is 0. The van der Waals surface area contributed by atoms with E-state index in [0.717, 1.165) is 0 Å². The van der Waals surface area contributed by atoms with E-state index < -0.39 is 0 Å². The molecular formula is C24H43N. The van der Waals surface area contributed by atoms with Crippen molar-refractivity contribution >= 4 is 5.69 Å². The maximum Gasteiger partial charge on any atom is 0.0398 e. The summed E-state index contributed by atoms with van der Waals surface area (Å²) in [4.78, 5) is 2.67. The second-order valence-corrected chi connectivity index (χ2v) is 7.74. The summed E-state index contributed by atoms with van der Waals surface area (Å²) in [5.41, 5.74) is 4.37. The van der Waals surface area contributed by atoms with Crippen LogP contribution in [0.1, 0.15) is 102 Å². The molecule has 144 valence electrons. The molecule has 1 nitrogen and oxygen atoms in total. The van der Waals surface area contributed by atoms with Crippen molar-refractivity contribution in [3.8, 4) is 0 Å². The molecule has 0 spiro atoms. The lowest BCUT2D eigenvalue weighted by atomic mass is 10.1. The van der Waals surface area contributed by atoms with Crippen LogP contribution in [0, 0.1) is 13.8 Å². The lowest BCUT2D eigenvalue weighted by molar-refractivity contribution is 0.574. The van der Waals surface area contributed by atoms with Gasteiger partial charge in [0, 0.05) is 18.8 Å². The van der Waals surface area contributed by atoms with Crippen LogP contribution in [0.2, 0.25) is 0 Å². The van der Waals surface area contributed by atoms with Crippen LogP contribution in [-0.4, -0.2) is 13.1 Å². The first-order valence-corrected chi connectivity index (χ1v) is 11.0. The maximum atomic E-state index is 2.67. The molecule has 1 rings (SSSR count). The van der Waals surface area contributed by atoms with Crippen molar-refractivity contribution in [2.75, 3.05) is 18.0 Å². The molecule has 0 aliphatic carbocycles. The number of anilines is 1. The van der Waals surface area contributed by atoms with Crippen molar-refractivity contribution in [2.24, 2.45) is 0 Å². The molecule has 1 aromatic rings. The first kappa shape index (κ1) is 22.1. The van der Waals surface area contributed by atoms with E-state index in [1.807, 2.05) is 0 Å². The second kappa shape index (κ2) is 14.2. The number of hydrogen-bond donors (Lipinski definition) is 0. The Morgan fingerprint density at radius 1 is 0.640 bits per heavy atom. The van der Waals surface area contributed by atoms with Crippen LogP contribution in [0.5, 0.6) is 0 Å². The van der Waals surface area contributed by atoms with Gasteiger partial charge in [-0.2, -0.15) is 0 Å². The maximum absolute atomic E-state index is 2.67. The van der Waals surface area contributed by atoms with Crippen molar-refractivity contribution in [3.63, 3.8) is 0 Å². The molecule has 0 amide bonds. The van der Waals surface area contributed by atoms with E-state index >= 15 is 0 Å². The number of hydrogen-bond acceptors (Lipinski definition) is 1. The molecule has 0 N–H and O–H groups in total. The highest BCUT2D eigenvalue weighted by atomic mass is 15.1. The largest absolute Gasteiger partial charge is 0.371 e. The van der Waals surface area contributed by atoms with Gasteiger partial charge in [0.15, 0.2) is 0 Å². The monoisotopic (exact) mass is 345 g/mol. The Morgan fingerprint density at radius 2 is 1.12 bits per heavy atom. The molecular weight excluding hydrogens is 302 g/mol. The molecule has 0 fully saturated rings. The summed E-state index contributed by atoms with van der Waals surface area (Å²) >= 11 is 0. The van der Waals surface area contributed by atoms with Crippen LogP contribution in [0.25, 0.3) is 0 Å². The van der Waals surface area contributed by atoms with Crippen LogP contribution < -0.4 is 4.90 Å². The fourth-order valence-electron chi connectivity index (χ4n) is 3.60. The van der Waals surface area contributed by atoms with Gasteiger partial charge in [0.1, 0.15) is 0 Å². The summed E-state index contributed by atoms with van der Waals surface area (Å²) in [6.45, 7) is 11.6. The third-order valence-electron chi connectivity index (χ3n) is 5.48. The average Bonchev–Trinajstić information content (AvgIpc) is 2.61. The Hall–Kier alpha value is -0.980. The molecule has 0 atom stereocenters. The number of rotatable bonds is 15. The topological polar surface area (TPSA) is 3.24 Å². The van der Waals surface area contributed by atoms with E-state index in [0.29, 0.717) is 0 Å². The van der Waals surface area contributed by atoms with E-state index in [1.54, 1.807) is 0 Å². The highest BCUT2D eigenvalue weighted by Crippen LogP contribution is 2.24. The molecule has 0 aromatic heterocycles. The second-order valence-electron chi connectivity index (χ2n) is 7.74. The minimum atomic E-state index is 1.23. The van der Waals surface area contributed by atoms with Gasteiger partial charge in [-0.3, -0.25) is 0 Å². The van der Waals surface area contributed by atoms with E-state index in [9.17, 15) is 0 Å². The Bertz CT molecular complexity index is 422. The average molecular weight is 346 g/mol. The third-order valence-corrected chi connectivity index (χ3v) is 5.48. The molecule has 0 aliphatic heterocycles. The minimum absolute atomic E-state index is 1.23. The standard InChI is InChI=1S/C24H43N/c1-5-7-9-11-13-15-20-25(21-16-14-12-10-8-6-2)24-19-17-18-22(3)23(24)4/h17-19H,5-16,20-21H2,1-4H3. The van der Waals surface area contributed by atoms with Crippen LogP contribution in [0.3, 0.4) is 0 Å². The zero-order chi connectivity index (χ0) is 18.3. The fourth-order valence-corrected chi connectivity index (χ4v) is 3.60. The first-order chi connectivity index (χ1) is 12.2. The van der Waals surface area contributed by atoms with E-state index in [-0.39, 0.29) is 0 Å². The Kier molecular flexibility index (Phi) is 12.5. The van der Waals surface area contributed by atoms with Crippen LogP contribution in [0.15, 0.2) is 18.2 Å². The van der Waals surface area contributed by atoms with Gasteiger partial charge in [0.2, 0.25) is 0 Å². The predicted octanol–water partition coefficient (Wildman–Crippen LogP) is 7.83. The van der Waals surface area contributed by atoms with E-state index in [1.165, 1.54) is 107 Å². The van der Waals surface area contributed by atoms with Gasteiger partial charge in [0.25, 0.3) is 0 Å². The number of nitrogens with zero attached hydrogens (tertiary/aromatic N) is 1. The molecule has 1 heteroatoms. The van der Waals surface area contributed by atoms with Gasteiger partial charge in [-0.25, -0.2) is 0 Å².